The molecule has 0 saturated carbocycles. The van der Waals surface area contributed by atoms with Crippen molar-refractivity contribution >= 4 is 46.1 Å². The fraction of sp³-hybridized carbons (Fsp3) is 0.556. The van der Waals surface area contributed by atoms with Crippen LogP contribution in [0.1, 0.15) is 17.4 Å². The Morgan fingerprint density at radius 1 is 1.35 bits per heavy atom. The van der Waals surface area contributed by atoms with Gasteiger partial charge < -0.3 is 4.74 Å². The first-order chi connectivity index (χ1) is 7.79. The van der Waals surface area contributed by atoms with E-state index in [9.17, 15) is 13.2 Å². The van der Waals surface area contributed by atoms with E-state index < -0.39 is 18.2 Å². The molecule has 1 nitrogen and oxygen atoms in total. The maximum Gasteiger partial charge on any atom is 0.411 e. The normalized spacial score (nSPS) is 14.0. The molecule has 0 aromatic carbocycles. The molecule has 98 valence electrons. The fourth-order valence-corrected chi connectivity index (χ4v) is 3.06. The zero-order valence-corrected chi connectivity index (χ0v) is 11.4. The first kappa shape index (κ1) is 15.4. The molecule has 1 rings (SSSR count). The van der Waals surface area contributed by atoms with Crippen LogP contribution in [0, 0.1) is 0 Å². The summed E-state index contributed by atoms with van der Waals surface area (Å²) in [6.07, 6.45) is -4.07. The predicted molar refractivity (Wildman–Crippen MR) is 64.4 cm³/mol. The van der Waals surface area contributed by atoms with Gasteiger partial charge in [-0.1, -0.05) is 23.2 Å². The van der Waals surface area contributed by atoms with E-state index in [0.717, 1.165) is 0 Å². The minimum absolute atomic E-state index is 0.0858. The van der Waals surface area contributed by atoms with Crippen molar-refractivity contribution in [2.75, 3.05) is 13.2 Å². The molecule has 0 spiro atoms. The van der Waals surface area contributed by atoms with E-state index in [1.165, 1.54) is 11.3 Å². The quantitative estimate of drug-likeness (QED) is 0.526. The van der Waals surface area contributed by atoms with Crippen LogP contribution in [0.4, 0.5) is 13.2 Å². The van der Waals surface area contributed by atoms with Crippen molar-refractivity contribution < 1.29 is 17.9 Å². The van der Waals surface area contributed by atoms with Gasteiger partial charge in [-0.25, -0.2) is 0 Å². The highest BCUT2D eigenvalue weighted by Crippen LogP contribution is 2.38. The molecule has 1 aromatic rings. The van der Waals surface area contributed by atoms with Gasteiger partial charge >= 0.3 is 6.18 Å². The second-order valence-electron chi connectivity index (χ2n) is 3.20. The maximum atomic E-state index is 11.8. The van der Waals surface area contributed by atoms with Gasteiger partial charge in [-0.2, -0.15) is 13.2 Å². The summed E-state index contributed by atoms with van der Waals surface area (Å²) in [5, 5.41) is -0.500. The van der Waals surface area contributed by atoms with Crippen LogP contribution in [0.15, 0.2) is 6.07 Å². The van der Waals surface area contributed by atoms with Crippen LogP contribution in [0.25, 0.3) is 0 Å². The number of halogens is 6. The first-order valence-corrected chi connectivity index (χ1v) is 6.54. The molecule has 0 fully saturated rings. The third-order valence-electron chi connectivity index (χ3n) is 1.80. The molecule has 17 heavy (non-hydrogen) atoms. The smallest absolute Gasteiger partial charge is 0.372 e. The molecule has 0 N–H and O–H groups in total. The van der Waals surface area contributed by atoms with Gasteiger partial charge in [0.2, 0.25) is 0 Å². The Bertz CT molecular complexity index is 367. The lowest BCUT2D eigenvalue weighted by molar-refractivity contribution is -0.174. The number of rotatable bonds is 5. The average molecular weight is 328 g/mol. The Morgan fingerprint density at radius 2 is 2.00 bits per heavy atom. The Balaban J connectivity index is 2.35. The SMILES string of the molecule is FC(F)(F)COCCC(Cl)c1cc(Cl)sc1Cl. The van der Waals surface area contributed by atoms with Gasteiger partial charge in [0.15, 0.2) is 0 Å². The third-order valence-corrected chi connectivity index (χ3v) is 3.77. The van der Waals surface area contributed by atoms with Crippen molar-refractivity contribution in [1.82, 2.24) is 0 Å². The standard InChI is InChI=1S/C9H8Cl3F3OS/c10-6(1-2-16-4-9(13,14)15)5-3-7(11)17-8(5)12/h3,6H,1-2,4H2. The van der Waals surface area contributed by atoms with Crippen LogP contribution in [-0.2, 0) is 4.74 Å². The molecule has 0 aliphatic heterocycles. The minimum atomic E-state index is -4.31. The van der Waals surface area contributed by atoms with Crippen LogP contribution in [0.5, 0.6) is 0 Å². The Labute approximate surface area is 115 Å². The van der Waals surface area contributed by atoms with E-state index in [2.05, 4.69) is 4.74 Å². The molecular weight excluding hydrogens is 320 g/mol. The molecule has 0 saturated heterocycles. The summed E-state index contributed by atoms with van der Waals surface area (Å²) >= 11 is 18.7. The highest BCUT2D eigenvalue weighted by Gasteiger charge is 2.27. The van der Waals surface area contributed by atoms with Crippen molar-refractivity contribution in [2.24, 2.45) is 0 Å². The summed E-state index contributed by atoms with van der Waals surface area (Å²) in [5.41, 5.74) is 0.624. The van der Waals surface area contributed by atoms with Crippen molar-refractivity contribution in [2.45, 2.75) is 18.0 Å². The topological polar surface area (TPSA) is 9.23 Å². The Morgan fingerprint density at radius 3 is 2.47 bits per heavy atom. The van der Waals surface area contributed by atoms with Gasteiger partial charge in [0, 0.05) is 12.2 Å². The monoisotopic (exact) mass is 326 g/mol. The van der Waals surface area contributed by atoms with E-state index in [1.807, 2.05) is 0 Å². The second kappa shape index (κ2) is 6.48. The van der Waals surface area contributed by atoms with Crippen LogP contribution in [0.2, 0.25) is 8.67 Å². The summed E-state index contributed by atoms with van der Waals surface area (Å²) in [4.78, 5) is 0. The molecule has 0 aliphatic rings. The van der Waals surface area contributed by atoms with Crippen LogP contribution in [-0.4, -0.2) is 19.4 Å². The molecule has 0 bridgehead atoms. The van der Waals surface area contributed by atoms with Crippen LogP contribution in [0.3, 0.4) is 0 Å². The highest BCUT2D eigenvalue weighted by atomic mass is 35.5. The van der Waals surface area contributed by atoms with Gasteiger partial charge in [0.1, 0.15) is 6.61 Å². The van der Waals surface area contributed by atoms with Crippen molar-refractivity contribution in [3.05, 3.63) is 20.3 Å². The van der Waals surface area contributed by atoms with E-state index in [4.69, 9.17) is 34.8 Å². The van der Waals surface area contributed by atoms with Crippen LogP contribution >= 0.6 is 46.1 Å². The lowest BCUT2D eigenvalue weighted by Gasteiger charge is -2.10. The molecule has 1 aromatic heterocycles. The van der Waals surface area contributed by atoms with Gasteiger partial charge in [-0.05, 0) is 12.5 Å². The summed E-state index contributed by atoms with van der Waals surface area (Å²) in [7, 11) is 0. The number of hydrogen-bond donors (Lipinski definition) is 0. The van der Waals surface area contributed by atoms with E-state index in [-0.39, 0.29) is 13.0 Å². The molecule has 8 heteroatoms. The van der Waals surface area contributed by atoms with Gasteiger partial charge in [0.05, 0.1) is 14.0 Å². The molecule has 1 atom stereocenters. The summed E-state index contributed by atoms with van der Waals surface area (Å²) in [6.45, 7) is -1.35. The van der Waals surface area contributed by atoms with Crippen molar-refractivity contribution in [1.29, 1.82) is 0 Å². The first-order valence-electron chi connectivity index (χ1n) is 4.53. The van der Waals surface area contributed by atoms with Crippen molar-refractivity contribution in [3.63, 3.8) is 0 Å². The highest BCUT2D eigenvalue weighted by molar-refractivity contribution is 7.20. The average Bonchev–Trinajstić information content (AvgIpc) is 2.51. The molecule has 0 radical (unpaired) electrons. The van der Waals surface area contributed by atoms with Crippen molar-refractivity contribution in [3.8, 4) is 0 Å². The maximum absolute atomic E-state index is 11.8. The summed E-state index contributed by atoms with van der Waals surface area (Å²) in [5.74, 6) is 0. The lowest BCUT2D eigenvalue weighted by atomic mass is 10.2. The number of thiophene rings is 1. The van der Waals surface area contributed by atoms with Gasteiger partial charge in [-0.15, -0.1) is 22.9 Å². The van der Waals surface area contributed by atoms with Gasteiger partial charge in [0.25, 0.3) is 0 Å². The van der Waals surface area contributed by atoms with Gasteiger partial charge in [-0.3, -0.25) is 0 Å². The zero-order chi connectivity index (χ0) is 13.1. The zero-order valence-electron chi connectivity index (χ0n) is 8.36. The molecule has 1 unspecified atom stereocenters. The minimum Gasteiger partial charge on any atom is -0.372 e. The summed E-state index contributed by atoms with van der Waals surface area (Å²) in [6, 6.07) is 1.61. The largest absolute Gasteiger partial charge is 0.411 e. The third kappa shape index (κ3) is 5.66. The molecular formula is C9H8Cl3F3OS. The number of hydrogen-bond acceptors (Lipinski definition) is 2. The second-order valence-corrected chi connectivity index (χ2v) is 6.02. The number of ether oxygens (including phenoxy) is 1. The van der Waals surface area contributed by atoms with E-state index >= 15 is 0 Å². The fourth-order valence-electron chi connectivity index (χ4n) is 1.10. The molecule has 1 heterocycles. The lowest BCUT2D eigenvalue weighted by Crippen LogP contribution is -2.17. The van der Waals surface area contributed by atoms with E-state index in [0.29, 0.717) is 14.2 Å². The summed E-state index contributed by atoms with van der Waals surface area (Å²) < 4.78 is 40.7. The molecule has 0 aliphatic carbocycles. The predicted octanol–water partition coefficient (Wildman–Crippen LogP) is 5.30. The van der Waals surface area contributed by atoms with Crippen LogP contribution < -0.4 is 0 Å². The molecule has 0 amide bonds. The van der Waals surface area contributed by atoms with E-state index in [1.54, 1.807) is 6.07 Å². The Hall–Kier alpha value is 0.320. The number of alkyl halides is 4. The Kier molecular flexibility index (Phi) is 5.86.